The van der Waals surface area contributed by atoms with Gasteiger partial charge in [0.15, 0.2) is 5.82 Å². The number of thiazole rings is 1. The van der Waals surface area contributed by atoms with Crippen LogP contribution >= 0.6 is 27.3 Å². The minimum Gasteiger partial charge on any atom is -0.383 e. The molecule has 0 bridgehead atoms. The Bertz CT molecular complexity index is 486. The van der Waals surface area contributed by atoms with Crippen LogP contribution in [0, 0.1) is 13.8 Å². The molecular weight excluding hydrogens is 276 g/mol. The van der Waals surface area contributed by atoms with E-state index >= 15 is 0 Å². The highest BCUT2D eigenvalue weighted by Crippen LogP contribution is 2.25. The van der Waals surface area contributed by atoms with Gasteiger partial charge in [-0.05, 0) is 29.8 Å². The second-order valence-electron chi connectivity index (χ2n) is 3.08. The first-order chi connectivity index (χ1) is 7.08. The molecule has 2 aromatic heterocycles. The monoisotopic (exact) mass is 284 g/mol. The minimum absolute atomic E-state index is 0.447. The number of hydrogen-bond donors (Lipinski definition) is 1. The lowest BCUT2D eigenvalue weighted by Crippen LogP contribution is -2.00. The number of halogens is 1. The highest BCUT2D eigenvalue weighted by Gasteiger charge is 2.10. The van der Waals surface area contributed by atoms with Crippen LogP contribution in [0.5, 0.6) is 0 Å². The average molecular weight is 285 g/mol. The molecule has 0 amide bonds. The summed E-state index contributed by atoms with van der Waals surface area (Å²) >= 11 is 4.89. The van der Waals surface area contributed by atoms with E-state index in [0.29, 0.717) is 11.6 Å². The fraction of sp³-hybridized carbons (Fsp3) is 0.222. The molecule has 0 atom stereocenters. The summed E-state index contributed by atoms with van der Waals surface area (Å²) < 4.78 is 0.748. The fourth-order valence-electron chi connectivity index (χ4n) is 1.16. The summed E-state index contributed by atoms with van der Waals surface area (Å²) in [5.41, 5.74) is 7.34. The Kier molecular flexibility index (Phi) is 2.70. The minimum atomic E-state index is 0.447. The van der Waals surface area contributed by atoms with E-state index in [4.69, 9.17) is 5.73 Å². The van der Waals surface area contributed by atoms with Crippen molar-refractivity contribution >= 4 is 33.1 Å². The van der Waals surface area contributed by atoms with Crippen molar-refractivity contribution < 1.29 is 0 Å². The summed E-state index contributed by atoms with van der Waals surface area (Å²) in [7, 11) is 0. The third-order valence-electron chi connectivity index (χ3n) is 1.89. The number of aromatic nitrogens is 3. The van der Waals surface area contributed by atoms with Gasteiger partial charge in [-0.1, -0.05) is 0 Å². The van der Waals surface area contributed by atoms with Crippen molar-refractivity contribution in [2.24, 2.45) is 0 Å². The summed E-state index contributed by atoms with van der Waals surface area (Å²) in [6.45, 7) is 3.83. The molecule has 0 aliphatic carbocycles. The van der Waals surface area contributed by atoms with Gasteiger partial charge in [-0.2, -0.15) is 0 Å². The van der Waals surface area contributed by atoms with E-state index < -0.39 is 0 Å². The number of nitrogens with zero attached hydrogens (tertiary/aromatic N) is 3. The van der Waals surface area contributed by atoms with Crippen LogP contribution in [0.1, 0.15) is 10.7 Å². The van der Waals surface area contributed by atoms with Gasteiger partial charge < -0.3 is 5.73 Å². The molecule has 0 aliphatic heterocycles. The molecule has 0 unspecified atom stereocenters. The first-order valence-corrected chi connectivity index (χ1v) is 5.97. The van der Waals surface area contributed by atoms with Crippen LogP contribution in [0.25, 0.3) is 11.5 Å². The van der Waals surface area contributed by atoms with Gasteiger partial charge >= 0.3 is 0 Å². The first-order valence-electron chi connectivity index (χ1n) is 4.30. The molecule has 78 valence electrons. The molecule has 0 radical (unpaired) electrons. The molecule has 15 heavy (non-hydrogen) atoms. The third kappa shape index (κ3) is 2.00. The molecule has 6 heteroatoms. The second kappa shape index (κ2) is 3.86. The third-order valence-corrected chi connectivity index (χ3v) is 3.64. The standard InChI is InChI=1S/C9H9BrN4S/c1-4-7(10)8(11)14-9(12-4)6-3-15-5(2)13-6/h3H,1-2H3,(H2,11,12,14). The Labute approximate surface area is 99.7 Å². The Morgan fingerprint density at radius 3 is 2.53 bits per heavy atom. The van der Waals surface area contributed by atoms with Crippen LogP contribution in [0.3, 0.4) is 0 Å². The van der Waals surface area contributed by atoms with E-state index in [9.17, 15) is 0 Å². The molecule has 4 nitrogen and oxygen atoms in total. The lowest BCUT2D eigenvalue weighted by Gasteiger charge is -2.03. The second-order valence-corrected chi connectivity index (χ2v) is 4.94. The van der Waals surface area contributed by atoms with E-state index in [1.165, 1.54) is 0 Å². The zero-order chi connectivity index (χ0) is 11.0. The summed E-state index contributed by atoms with van der Waals surface area (Å²) in [5.74, 6) is 1.03. The number of anilines is 1. The number of nitrogens with two attached hydrogens (primary N) is 1. The van der Waals surface area contributed by atoms with E-state index in [0.717, 1.165) is 20.9 Å². The quantitative estimate of drug-likeness (QED) is 0.874. The zero-order valence-corrected chi connectivity index (χ0v) is 10.7. The molecule has 0 saturated heterocycles. The van der Waals surface area contributed by atoms with E-state index in [1.54, 1.807) is 11.3 Å². The Morgan fingerprint density at radius 1 is 1.27 bits per heavy atom. The van der Waals surface area contributed by atoms with Crippen molar-refractivity contribution in [1.29, 1.82) is 0 Å². The summed E-state index contributed by atoms with van der Waals surface area (Å²) in [5, 5.41) is 2.92. The molecule has 0 spiro atoms. The average Bonchev–Trinajstić information content (AvgIpc) is 2.60. The highest BCUT2D eigenvalue weighted by molar-refractivity contribution is 9.10. The molecule has 2 N–H and O–H groups in total. The number of rotatable bonds is 1. The maximum Gasteiger partial charge on any atom is 0.181 e. The Morgan fingerprint density at radius 2 is 2.00 bits per heavy atom. The van der Waals surface area contributed by atoms with Crippen molar-refractivity contribution in [3.8, 4) is 11.5 Å². The van der Waals surface area contributed by atoms with Crippen molar-refractivity contribution in [3.63, 3.8) is 0 Å². The lowest BCUT2D eigenvalue weighted by molar-refractivity contribution is 1.08. The maximum atomic E-state index is 5.74. The van der Waals surface area contributed by atoms with E-state index in [2.05, 4.69) is 30.9 Å². The molecular formula is C9H9BrN4S. The summed E-state index contributed by atoms with van der Waals surface area (Å²) in [6.07, 6.45) is 0. The largest absolute Gasteiger partial charge is 0.383 e. The molecule has 0 aromatic carbocycles. The van der Waals surface area contributed by atoms with Gasteiger partial charge in [0.05, 0.1) is 15.2 Å². The lowest BCUT2D eigenvalue weighted by atomic mass is 10.4. The smallest absolute Gasteiger partial charge is 0.181 e. The first kappa shape index (κ1) is 10.5. The van der Waals surface area contributed by atoms with Gasteiger partial charge in [-0.15, -0.1) is 11.3 Å². The molecule has 2 aromatic rings. The van der Waals surface area contributed by atoms with Gasteiger partial charge in [0.1, 0.15) is 11.5 Å². The van der Waals surface area contributed by atoms with Crippen molar-refractivity contribution in [2.45, 2.75) is 13.8 Å². The predicted octanol–water partition coefficient (Wildman–Crippen LogP) is 2.56. The van der Waals surface area contributed by atoms with Crippen molar-refractivity contribution in [3.05, 3.63) is 20.6 Å². The molecule has 0 saturated carbocycles. The normalized spacial score (nSPS) is 10.6. The van der Waals surface area contributed by atoms with E-state index in [-0.39, 0.29) is 0 Å². The number of nitrogen functional groups attached to an aromatic ring is 1. The highest BCUT2D eigenvalue weighted by atomic mass is 79.9. The topological polar surface area (TPSA) is 64.7 Å². The number of aryl methyl sites for hydroxylation is 2. The van der Waals surface area contributed by atoms with Gasteiger partial charge in [0.25, 0.3) is 0 Å². The molecule has 2 heterocycles. The molecule has 0 fully saturated rings. The summed E-state index contributed by atoms with van der Waals surface area (Å²) in [6, 6.07) is 0. The van der Waals surface area contributed by atoms with Gasteiger partial charge in [0.2, 0.25) is 0 Å². The molecule has 0 aliphatic rings. The van der Waals surface area contributed by atoms with Gasteiger partial charge in [-0.25, -0.2) is 15.0 Å². The van der Waals surface area contributed by atoms with Crippen LogP contribution in [0.2, 0.25) is 0 Å². The van der Waals surface area contributed by atoms with Gasteiger partial charge in [0, 0.05) is 5.38 Å². The van der Waals surface area contributed by atoms with Crippen LogP contribution in [-0.4, -0.2) is 15.0 Å². The Balaban J connectivity index is 2.55. The van der Waals surface area contributed by atoms with Crippen molar-refractivity contribution in [2.75, 3.05) is 5.73 Å². The SMILES string of the molecule is Cc1nc(-c2nc(C)c(Br)c(N)n2)cs1. The van der Waals surface area contributed by atoms with Crippen LogP contribution < -0.4 is 5.73 Å². The van der Waals surface area contributed by atoms with Gasteiger partial charge in [-0.3, -0.25) is 0 Å². The maximum absolute atomic E-state index is 5.74. The van der Waals surface area contributed by atoms with Crippen LogP contribution in [-0.2, 0) is 0 Å². The number of hydrogen-bond acceptors (Lipinski definition) is 5. The Hall–Kier alpha value is -1.01. The van der Waals surface area contributed by atoms with Crippen LogP contribution in [0.4, 0.5) is 5.82 Å². The van der Waals surface area contributed by atoms with E-state index in [1.807, 2.05) is 19.2 Å². The fourth-order valence-corrected chi connectivity index (χ4v) is 1.93. The zero-order valence-electron chi connectivity index (χ0n) is 8.28. The predicted molar refractivity (Wildman–Crippen MR) is 64.7 cm³/mol. The van der Waals surface area contributed by atoms with Crippen molar-refractivity contribution in [1.82, 2.24) is 15.0 Å². The van der Waals surface area contributed by atoms with Crippen LogP contribution in [0.15, 0.2) is 9.85 Å². The molecule has 2 rings (SSSR count). The summed E-state index contributed by atoms with van der Waals surface area (Å²) in [4.78, 5) is 12.8.